The molecule has 0 unspecified atom stereocenters. The Hall–Kier alpha value is -1.57. The molecule has 3 heterocycles. The highest BCUT2D eigenvalue weighted by Gasteiger charge is 2.43. The maximum Gasteiger partial charge on any atom is 0.471 e. The van der Waals surface area contributed by atoms with Gasteiger partial charge in [0.2, 0.25) is 0 Å². The number of amides is 1. The molecule has 1 amide bonds. The number of aryl methyl sites for hydroxylation is 1. The fraction of sp³-hybridized carbons (Fsp3) is 0.714. The number of hydrogen-bond acceptors (Lipinski definition) is 3. The van der Waals surface area contributed by atoms with Crippen LogP contribution in [-0.2, 0) is 9.53 Å². The number of likely N-dealkylation sites (tertiary alicyclic amines) is 1. The van der Waals surface area contributed by atoms with E-state index in [-0.39, 0.29) is 25.0 Å². The molecule has 5 nitrogen and oxygen atoms in total. The number of carbonyl (C=O) groups excluding carboxylic acids is 1. The summed E-state index contributed by atoms with van der Waals surface area (Å²) in [6.07, 6.45) is -1.93. The minimum absolute atomic E-state index is 0.134. The van der Waals surface area contributed by atoms with Crippen LogP contribution in [0.1, 0.15) is 36.1 Å². The van der Waals surface area contributed by atoms with Crippen LogP contribution in [0.2, 0.25) is 0 Å². The van der Waals surface area contributed by atoms with Crippen molar-refractivity contribution in [3.63, 3.8) is 0 Å². The van der Waals surface area contributed by atoms with Gasteiger partial charge in [-0.1, -0.05) is 0 Å². The van der Waals surface area contributed by atoms with Gasteiger partial charge in [0.05, 0.1) is 25.5 Å². The summed E-state index contributed by atoms with van der Waals surface area (Å²) in [5.41, 5.74) is 2.12. The largest absolute Gasteiger partial charge is 0.471 e. The van der Waals surface area contributed by atoms with Gasteiger partial charge in [-0.3, -0.25) is 9.48 Å². The van der Waals surface area contributed by atoms with Crippen molar-refractivity contribution in [2.45, 2.75) is 37.9 Å². The normalized spacial score (nSPS) is 21.0. The third-order valence-electron chi connectivity index (χ3n) is 4.40. The maximum absolute atomic E-state index is 12.5. The van der Waals surface area contributed by atoms with Gasteiger partial charge in [-0.05, 0) is 25.3 Å². The summed E-state index contributed by atoms with van der Waals surface area (Å²) in [5.74, 6) is -1.59. The summed E-state index contributed by atoms with van der Waals surface area (Å²) in [4.78, 5) is 12.2. The number of nitrogens with zero attached hydrogens (tertiary/aromatic N) is 3. The molecular weight excluding hydrogens is 299 g/mol. The summed E-state index contributed by atoms with van der Waals surface area (Å²) < 4.78 is 44.6. The first-order valence-corrected chi connectivity index (χ1v) is 7.35. The van der Waals surface area contributed by atoms with Crippen molar-refractivity contribution < 1.29 is 22.7 Å². The third-order valence-corrected chi connectivity index (χ3v) is 4.40. The molecule has 122 valence electrons. The predicted octanol–water partition coefficient (Wildman–Crippen LogP) is 2.03. The molecular formula is C14H18F3N3O2. The lowest BCUT2D eigenvalue weighted by Gasteiger charge is -2.35. The number of halogens is 3. The highest BCUT2D eigenvalue weighted by molar-refractivity contribution is 5.81. The zero-order chi connectivity index (χ0) is 15.9. The Morgan fingerprint density at radius 1 is 1.32 bits per heavy atom. The van der Waals surface area contributed by atoms with Crippen molar-refractivity contribution >= 4 is 5.91 Å². The Morgan fingerprint density at radius 2 is 1.95 bits per heavy atom. The fourth-order valence-corrected chi connectivity index (χ4v) is 3.16. The Morgan fingerprint density at radius 3 is 2.45 bits per heavy atom. The molecule has 0 atom stereocenters. The van der Waals surface area contributed by atoms with Crippen LogP contribution >= 0.6 is 0 Å². The van der Waals surface area contributed by atoms with Crippen LogP contribution in [0.3, 0.4) is 0 Å². The van der Waals surface area contributed by atoms with Crippen molar-refractivity contribution in [1.29, 1.82) is 0 Å². The highest BCUT2D eigenvalue weighted by atomic mass is 19.4. The maximum atomic E-state index is 12.5. The van der Waals surface area contributed by atoms with E-state index in [1.807, 2.05) is 11.6 Å². The first kappa shape index (κ1) is 15.3. The number of alkyl halides is 3. The molecule has 2 saturated heterocycles. The van der Waals surface area contributed by atoms with E-state index in [1.54, 1.807) is 6.20 Å². The fourth-order valence-electron chi connectivity index (χ4n) is 3.16. The summed E-state index contributed by atoms with van der Waals surface area (Å²) >= 11 is 0. The van der Waals surface area contributed by atoms with Crippen LogP contribution in [-0.4, -0.2) is 53.1 Å². The van der Waals surface area contributed by atoms with Gasteiger partial charge in [0.1, 0.15) is 0 Å². The second-order valence-corrected chi connectivity index (χ2v) is 5.91. The van der Waals surface area contributed by atoms with E-state index in [1.165, 1.54) is 0 Å². The average molecular weight is 317 g/mol. The number of hydrogen-bond donors (Lipinski definition) is 0. The van der Waals surface area contributed by atoms with Crippen LogP contribution in [0.5, 0.6) is 0 Å². The van der Waals surface area contributed by atoms with Crippen LogP contribution in [0.25, 0.3) is 0 Å². The molecule has 8 heteroatoms. The summed E-state index contributed by atoms with van der Waals surface area (Å²) in [5, 5.41) is 4.38. The Labute approximate surface area is 126 Å². The van der Waals surface area contributed by atoms with Crippen molar-refractivity contribution in [2.24, 2.45) is 0 Å². The lowest BCUT2D eigenvalue weighted by Crippen LogP contribution is -2.45. The van der Waals surface area contributed by atoms with Gasteiger partial charge < -0.3 is 9.64 Å². The molecule has 0 spiro atoms. The standard InChI is InChI=1S/C14H18F3N3O2/c1-9-6-18-20(11-7-22-8-11)12(9)10-2-4-19(5-3-10)13(21)14(15,16)17/h6,10-11H,2-5,7-8H2,1H3. The number of piperidine rings is 1. The van der Waals surface area contributed by atoms with Crippen LogP contribution < -0.4 is 0 Å². The molecule has 0 saturated carbocycles. The van der Waals surface area contributed by atoms with E-state index in [9.17, 15) is 18.0 Å². The molecule has 1 aromatic heterocycles. The van der Waals surface area contributed by atoms with Gasteiger partial charge in [-0.25, -0.2) is 0 Å². The van der Waals surface area contributed by atoms with Gasteiger partial charge in [-0.15, -0.1) is 0 Å². The minimum atomic E-state index is -4.78. The van der Waals surface area contributed by atoms with Gasteiger partial charge in [-0.2, -0.15) is 18.3 Å². The smallest absolute Gasteiger partial charge is 0.377 e. The Kier molecular flexibility index (Phi) is 3.88. The molecule has 2 aliphatic heterocycles. The summed E-state index contributed by atoms with van der Waals surface area (Å²) in [7, 11) is 0. The van der Waals surface area contributed by atoms with E-state index in [4.69, 9.17) is 4.74 Å². The zero-order valence-corrected chi connectivity index (χ0v) is 12.3. The molecule has 2 fully saturated rings. The van der Waals surface area contributed by atoms with Crippen molar-refractivity contribution in [1.82, 2.24) is 14.7 Å². The lowest BCUT2D eigenvalue weighted by molar-refractivity contribution is -0.186. The molecule has 2 aliphatic rings. The monoisotopic (exact) mass is 317 g/mol. The van der Waals surface area contributed by atoms with Gasteiger partial charge in [0, 0.05) is 24.7 Å². The van der Waals surface area contributed by atoms with E-state index >= 15 is 0 Å². The molecule has 0 N–H and O–H groups in total. The second-order valence-electron chi connectivity index (χ2n) is 5.91. The number of ether oxygens (including phenoxy) is 1. The number of aromatic nitrogens is 2. The average Bonchev–Trinajstić information content (AvgIpc) is 2.77. The molecule has 22 heavy (non-hydrogen) atoms. The zero-order valence-electron chi connectivity index (χ0n) is 12.3. The van der Waals surface area contributed by atoms with Gasteiger partial charge in [0.15, 0.2) is 0 Å². The molecule has 0 radical (unpaired) electrons. The molecule has 0 aromatic carbocycles. The van der Waals surface area contributed by atoms with Crippen molar-refractivity contribution in [3.8, 4) is 0 Å². The summed E-state index contributed by atoms with van der Waals surface area (Å²) in [6, 6.07) is 0.221. The quantitative estimate of drug-likeness (QED) is 0.838. The molecule has 0 aliphatic carbocycles. The van der Waals surface area contributed by atoms with E-state index in [0.29, 0.717) is 26.1 Å². The minimum Gasteiger partial charge on any atom is -0.377 e. The lowest BCUT2D eigenvalue weighted by atomic mass is 9.91. The van der Waals surface area contributed by atoms with E-state index in [0.717, 1.165) is 16.2 Å². The third kappa shape index (κ3) is 2.71. The Bertz CT molecular complexity index is 558. The molecule has 3 rings (SSSR count). The molecule has 0 bridgehead atoms. The van der Waals surface area contributed by atoms with E-state index < -0.39 is 12.1 Å². The number of carbonyl (C=O) groups is 1. The second kappa shape index (κ2) is 5.57. The molecule has 1 aromatic rings. The predicted molar refractivity (Wildman–Crippen MR) is 71.4 cm³/mol. The summed E-state index contributed by atoms with van der Waals surface area (Å²) in [6.45, 7) is 3.48. The van der Waals surface area contributed by atoms with Crippen molar-refractivity contribution in [3.05, 3.63) is 17.5 Å². The topological polar surface area (TPSA) is 47.4 Å². The van der Waals surface area contributed by atoms with Crippen LogP contribution in [0, 0.1) is 6.92 Å². The first-order chi connectivity index (χ1) is 10.4. The highest BCUT2D eigenvalue weighted by Crippen LogP contribution is 2.34. The van der Waals surface area contributed by atoms with Crippen LogP contribution in [0.4, 0.5) is 13.2 Å². The van der Waals surface area contributed by atoms with Gasteiger partial charge >= 0.3 is 12.1 Å². The SMILES string of the molecule is Cc1cnn(C2COC2)c1C1CCN(C(=O)C(F)(F)F)CC1. The first-order valence-electron chi connectivity index (χ1n) is 7.35. The van der Waals surface area contributed by atoms with Gasteiger partial charge in [0.25, 0.3) is 0 Å². The Balaban J connectivity index is 1.69. The van der Waals surface area contributed by atoms with Crippen LogP contribution in [0.15, 0.2) is 6.20 Å². The van der Waals surface area contributed by atoms with E-state index in [2.05, 4.69) is 5.10 Å². The van der Waals surface area contributed by atoms with Crippen molar-refractivity contribution in [2.75, 3.05) is 26.3 Å². The number of rotatable bonds is 2.